The molecule has 0 fully saturated rings. The van der Waals surface area contributed by atoms with Gasteiger partial charge in [0.15, 0.2) is 0 Å². The van der Waals surface area contributed by atoms with Crippen molar-refractivity contribution in [2.24, 2.45) is 0 Å². The van der Waals surface area contributed by atoms with Gasteiger partial charge >= 0.3 is 5.97 Å². The second kappa shape index (κ2) is 5.91. The number of rotatable bonds is 4. The average molecular weight is 301 g/mol. The van der Waals surface area contributed by atoms with E-state index in [0.29, 0.717) is 0 Å². The van der Waals surface area contributed by atoms with Crippen LogP contribution in [0, 0.1) is 0 Å². The Morgan fingerprint density at radius 1 is 1.47 bits per heavy atom. The molecule has 1 atom stereocenters. The first kappa shape index (κ1) is 13.8. The zero-order valence-electron chi connectivity index (χ0n) is 10.5. The molecule has 0 heterocycles. The van der Waals surface area contributed by atoms with Crippen LogP contribution in [0.1, 0.15) is 6.92 Å². The predicted molar refractivity (Wildman–Crippen MR) is 73.6 cm³/mol. The molecule has 0 bridgehead atoms. The Balaban J connectivity index is 2.96. The Bertz CT molecular complexity index is 407. The first-order valence-electron chi connectivity index (χ1n) is 5.27. The van der Waals surface area contributed by atoms with Crippen molar-refractivity contribution in [1.82, 2.24) is 0 Å². The van der Waals surface area contributed by atoms with E-state index in [1.54, 1.807) is 6.92 Å². The molecule has 1 aromatic rings. The molecule has 0 aliphatic carbocycles. The zero-order valence-corrected chi connectivity index (χ0v) is 12.0. The largest absolute Gasteiger partial charge is 0.467 e. The van der Waals surface area contributed by atoms with Crippen molar-refractivity contribution >= 4 is 33.3 Å². The maximum Gasteiger partial charge on any atom is 0.327 e. The number of ether oxygens (including phenoxy) is 1. The summed E-state index contributed by atoms with van der Waals surface area (Å²) in [5.41, 5.74) is 1.91. The highest BCUT2D eigenvalue weighted by Crippen LogP contribution is 2.28. The highest BCUT2D eigenvalue weighted by molar-refractivity contribution is 9.10. The Morgan fingerprint density at radius 2 is 2.12 bits per heavy atom. The van der Waals surface area contributed by atoms with Crippen molar-refractivity contribution in [3.63, 3.8) is 0 Å². The molecule has 0 radical (unpaired) electrons. The summed E-state index contributed by atoms with van der Waals surface area (Å²) < 4.78 is 5.65. The van der Waals surface area contributed by atoms with Gasteiger partial charge in [0.1, 0.15) is 6.04 Å². The van der Waals surface area contributed by atoms with Crippen LogP contribution in [0.15, 0.2) is 22.7 Å². The van der Waals surface area contributed by atoms with Crippen molar-refractivity contribution in [2.75, 3.05) is 31.4 Å². The topological polar surface area (TPSA) is 41.6 Å². The molecule has 94 valence electrons. The maximum atomic E-state index is 11.4. The van der Waals surface area contributed by atoms with Gasteiger partial charge in [0.05, 0.1) is 18.5 Å². The second-order valence-electron chi connectivity index (χ2n) is 3.95. The Labute approximate surface area is 110 Å². The molecule has 4 nitrogen and oxygen atoms in total. The van der Waals surface area contributed by atoms with Gasteiger partial charge in [-0.3, -0.25) is 0 Å². The zero-order chi connectivity index (χ0) is 13.0. The molecular weight excluding hydrogens is 284 g/mol. The number of nitrogens with zero attached hydrogens (tertiary/aromatic N) is 1. The molecule has 0 amide bonds. The van der Waals surface area contributed by atoms with Gasteiger partial charge in [-0.05, 0) is 25.1 Å². The number of benzene rings is 1. The number of esters is 1. The van der Waals surface area contributed by atoms with E-state index in [4.69, 9.17) is 0 Å². The van der Waals surface area contributed by atoms with Crippen molar-refractivity contribution in [1.29, 1.82) is 0 Å². The van der Waals surface area contributed by atoms with E-state index in [9.17, 15) is 4.79 Å². The lowest BCUT2D eigenvalue weighted by Crippen LogP contribution is -2.28. The summed E-state index contributed by atoms with van der Waals surface area (Å²) in [5.74, 6) is -0.283. The minimum absolute atomic E-state index is 0.283. The van der Waals surface area contributed by atoms with Gasteiger partial charge in [-0.15, -0.1) is 0 Å². The molecule has 0 aliphatic heterocycles. The van der Waals surface area contributed by atoms with Gasteiger partial charge < -0.3 is 15.0 Å². The van der Waals surface area contributed by atoms with Gasteiger partial charge in [0, 0.05) is 18.6 Å². The molecule has 1 N–H and O–H groups in total. The molecule has 1 rings (SSSR count). The maximum absolute atomic E-state index is 11.4. The fourth-order valence-corrected chi connectivity index (χ4v) is 1.84. The lowest BCUT2D eigenvalue weighted by molar-refractivity contribution is -0.141. The number of anilines is 2. The standard InChI is InChI=1S/C12H17BrN2O2/c1-8(12(16)17-4)14-10-7-9(13)5-6-11(10)15(2)3/h5-8,14H,1-4H3. The SMILES string of the molecule is COC(=O)C(C)Nc1cc(Br)ccc1N(C)C. The van der Waals surface area contributed by atoms with E-state index in [1.807, 2.05) is 37.2 Å². The highest BCUT2D eigenvalue weighted by atomic mass is 79.9. The number of halogens is 1. The molecule has 0 saturated carbocycles. The van der Waals surface area contributed by atoms with Crippen LogP contribution in [-0.2, 0) is 9.53 Å². The fraction of sp³-hybridized carbons (Fsp3) is 0.417. The van der Waals surface area contributed by atoms with Gasteiger partial charge in [-0.2, -0.15) is 0 Å². The predicted octanol–water partition coefficient (Wildman–Crippen LogP) is 2.49. The Kier molecular flexibility index (Phi) is 4.81. The average Bonchev–Trinajstić information content (AvgIpc) is 2.27. The monoisotopic (exact) mass is 300 g/mol. The van der Waals surface area contributed by atoms with E-state index in [0.717, 1.165) is 15.8 Å². The van der Waals surface area contributed by atoms with E-state index in [2.05, 4.69) is 26.0 Å². The molecule has 0 saturated heterocycles. The molecule has 0 aromatic heterocycles. The summed E-state index contributed by atoms with van der Waals surface area (Å²) in [6.45, 7) is 1.77. The summed E-state index contributed by atoms with van der Waals surface area (Å²) in [6.07, 6.45) is 0. The van der Waals surface area contributed by atoms with Crippen molar-refractivity contribution in [3.8, 4) is 0 Å². The van der Waals surface area contributed by atoms with Gasteiger partial charge in [0.2, 0.25) is 0 Å². The molecule has 17 heavy (non-hydrogen) atoms. The minimum atomic E-state index is -0.381. The Hall–Kier alpha value is -1.23. The number of nitrogens with one attached hydrogen (secondary N) is 1. The molecule has 1 aromatic carbocycles. The van der Waals surface area contributed by atoms with Crippen LogP contribution in [0.5, 0.6) is 0 Å². The minimum Gasteiger partial charge on any atom is -0.467 e. The molecule has 5 heteroatoms. The van der Waals surface area contributed by atoms with Crippen molar-refractivity contribution in [3.05, 3.63) is 22.7 Å². The lowest BCUT2D eigenvalue weighted by atomic mass is 10.2. The number of carbonyl (C=O) groups is 1. The van der Waals surface area contributed by atoms with E-state index >= 15 is 0 Å². The van der Waals surface area contributed by atoms with Crippen LogP contribution in [0.25, 0.3) is 0 Å². The normalized spacial score (nSPS) is 11.8. The van der Waals surface area contributed by atoms with Crippen LogP contribution in [0.3, 0.4) is 0 Å². The molecular formula is C12H17BrN2O2. The summed E-state index contributed by atoms with van der Waals surface area (Å²) in [7, 11) is 5.29. The van der Waals surface area contributed by atoms with E-state index in [-0.39, 0.29) is 12.0 Å². The summed E-state index contributed by atoms with van der Waals surface area (Å²) in [5, 5.41) is 3.14. The number of methoxy groups -OCH3 is 1. The molecule has 0 spiro atoms. The van der Waals surface area contributed by atoms with Crippen LogP contribution in [0.4, 0.5) is 11.4 Å². The van der Waals surface area contributed by atoms with Crippen LogP contribution >= 0.6 is 15.9 Å². The van der Waals surface area contributed by atoms with Crippen LogP contribution < -0.4 is 10.2 Å². The Morgan fingerprint density at radius 3 is 2.65 bits per heavy atom. The highest BCUT2D eigenvalue weighted by Gasteiger charge is 2.15. The first-order chi connectivity index (χ1) is 7.95. The van der Waals surface area contributed by atoms with Gasteiger partial charge in [-0.25, -0.2) is 4.79 Å². The summed E-state index contributed by atoms with van der Waals surface area (Å²) in [4.78, 5) is 13.4. The third-order valence-electron chi connectivity index (χ3n) is 2.37. The van der Waals surface area contributed by atoms with E-state index < -0.39 is 0 Å². The van der Waals surface area contributed by atoms with Gasteiger partial charge in [-0.1, -0.05) is 15.9 Å². The summed E-state index contributed by atoms with van der Waals surface area (Å²) in [6, 6.07) is 5.50. The van der Waals surface area contributed by atoms with Gasteiger partial charge in [0.25, 0.3) is 0 Å². The van der Waals surface area contributed by atoms with Crippen LogP contribution in [0.2, 0.25) is 0 Å². The molecule has 1 unspecified atom stereocenters. The van der Waals surface area contributed by atoms with Crippen molar-refractivity contribution < 1.29 is 9.53 Å². The summed E-state index contributed by atoms with van der Waals surface area (Å²) >= 11 is 3.41. The van der Waals surface area contributed by atoms with Crippen LogP contribution in [-0.4, -0.2) is 33.2 Å². The fourth-order valence-electron chi connectivity index (χ4n) is 1.48. The quantitative estimate of drug-likeness (QED) is 0.868. The first-order valence-corrected chi connectivity index (χ1v) is 6.06. The smallest absolute Gasteiger partial charge is 0.327 e. The van der Waals surface area contributed by atoms with Crippen molar-refractivity contribution in [2.45, 2.75) is 13.0 Å². The van der Waals surface area contributed by atoms with E-state index in [1.165, 1.54) is 7.11 Å². The number of hydrogen-bond donors (Lipinski definition) is 1. The number of carbonyl (C=O) groups excluding carboxylic acids is 1. The lowest BCUT2D eigenvalue weighted by Gasteiger charge is -2.21. The third-order valence-corrected chi connectivity index (χ3v) is 2.86. The molecule has 0 aliphatic rings. The number of hydrogen-bond acceptors (Lipinski definition) is 4. The third kappa shape index (κ3) is 3.63. The second-order valence-corrected chi connectivity index (χ2v) is 4.86.